The summed E-state index contributed by atoms with van der Waals surface area (Å²) >= 11 is 0. The van der Waals surface area contributed by atoms with Crippen molar-refractivity contribution in [3.05, 3.63) is 58.0 Å². The zero-order valence-corrected chi connectivity index (χ0v) is 19.4. The zero-order valence-electron chi connectivity index (χ0n) is 19.4. The third-order valence-corrected chi connectivity index (χ3v) is 6.42. The summed E-state index contributed by atoms with van der Waals surface area (Å²) in [4.78, 5) is 47.9. The highest BCUT2D eigenvalue weighted by atomic mass is 19.4. The SMILES string of the molecule is CC1CC(=O)N(c2ccc3c(=O)c(C(=O)N[C@H](C4CC4)C(F)(F)F)cn(-c4ncc(F)cc4F)c3n2)C1. The van der Waals surface area contributed by atoms with Gasteiger partial charge in [-0.3, -0.25) is 23.9 Å². The number of hydrogen-bond donors (Lipinski definition) is 1. The lowest BCUT2D eigenvalue weighted by molar-refractivity contribution is -0.158. The van der Waals surface area contributed by atoms with E-state index in [1.54, 1.807) is 0 Å². The molecule has 1 aliphatic heterocycles. The van der Waals surface area contributed by atoms with Crippen LogP contribution < -0.4 is 15.6 Å². The van der Waals surface area contributed by atoms with Gasteiger partial charge >= 0.3 is 6.18 Å². The third kappa shape index (κ3) is 4.65. The van der Waals surface area contributed by atoms with Crippen LogP contribution in [0.1, 0.15) is 36.5 Å². The van der Waals surface area contributed by atoms with Crippen LogP contribution in [0.5, 0.6) is 0 Å². The molecule has 1 saturated heterocycles. The van der Waals surface area contributed by atoms with E-state index in [4.69, 9.17) is 0 Å². The van der Waals surface area contributed by atoms with Crippen molar-refractivity contribution in [3.8, 4) is 5.82 Å². The minimum absolute atomic E-state index is 0.0440. The maximum atomic E-state index is 14.7. The molecule has 2 atom stereocenters. The van der Waals surface area contributed by atoms with E-state index in [9.17, 15) is 36.3 Å². The van der Waals surface area contributed by atoms with E-state index in [1.807, 2.05) is 12.2 Å². The Balaban J connectivity index is 1.67. The highest BCUT2D eigenvalue weighted by molar-refractivity contribution is 5.99. The second-order valence-corrected chi connectivity index (χ2v) is 9.39. The molecule has 0 aromatic carbocycles. The summed E-state index contributed by atoms with van der Waals surface area (Å²) in [5.74, 6) is -4.82. The number of aromatic nitrogens is 3. The quantitative estimate of drug-likeness (QED) is 0.519. The molecule has 1 aliphatic carbocycles. The van der Waals surface area contributed by atoms with Gasteiger partial charge in [0.05, 0.1) is 11.6 Å². The molecule has 2 fully saturated rings. The van der Waals surface area contributed by atoms with Crippen molar-refractivity contribution < 1.29 is 31.5 Å². The molecular formula is C24H20F5N5O3. The monoisotopic (exact) mass is 521 g/mol. The minimum Gasteiger partial charge on any atom is -0.340 e. The van der Waals surface area contributed by atoms with Gasteiger partial charge in [0, 0.05) is 25.2 Å². The number of carbonyl (C=O) groups excluding carboxylic acids is 2. The number of halogens is 5. The van der Waals surface area contributed by atoms with Crippen molar-refractivity contribution in [1.82, 2.24) is 19.9 Å². The van der Waals surface area contributed by atoms with Gasteiger partial charge in [-0.15, -0.1) is 0 Å². The number of fused-ring (bicyclic) bond motifs is 1. The molecule has 194 valence electrons. The largest absolute Gasteiger partial charge is 0.408 e. The van der Waals surface area contributed by atoms with E-state index in [1.165, 1.54) is 17.0 Å². The predicted molar refractivity (Wildman–Crippen MR) is 121 cm³/mol. The van der Waals surface area contributed by atoms with E-state index in [-0.39, 0.29) is 47.9 Å². The summed E-state index contributed by atoms with van der Waals surface area (Å²) < 4.78 is 69.7. The molecule has 0 radical (unpaired) electrons. The number of rotatable bonds is 5. The molecule has 2 aliphatic rings. The number of amides is 2. The van der Waals surface area contributed by atoms with Gasteiger partial charge in [-0.25, -0.2) is 18.7 Å². The number of carbonyl (C=O) groups is 2. The first kappa shape index (κ1) is 24.8. The molecule has 0 spiro atoms. The van der Waals surface area contributed by atoms with Crippen LogP contribution in [0.4, 0.5) is 27.8 Å². The Morgan fingerprint density at radius 2 is 1.92 bits per heavy atom. The van der Waals surface area contributed by atoms with Crippen molar-refractivity contribution in [2.75, 3.05) is 11.4 Å². The van der Waals surface area contributed by atoms with Crippen molar-refractivity contribution >= 4 is 28.7 Å². The normalized spacial score (nSPS) is 18.9. The van der Waals surface area contributed by atoms with Crippen LogP contribution in [0.2, 0.25) is 0 Å². The lowest BCUT2D eigenvalue weighted by Gasteiger charge is -2.22. The maximum absolute atomic E-state index is 14.7. The molecular weight excluding hydrogens is 501 g/mol. The first-order valence-corrected chi connectivity index (χ1v) is 11.5. The molecule has 3 aromatic rings. The fourth-order valence-corrected chi connectivity index (χ4v) is 4.47. The van der Waals surface area contributed by atoms with Crippen LogP contribution in [0.15, 0.2) is 35.4 Å². The lowest BCUT2D eigenvalue weighted by Crippen LogP contribution is -2.48. The Morgan fingerprint density at radius 1 is 1.19 bits per heavy atom. The summed E-state index contributed by atoms with van der Waals surface area (Å²) in [5, 5.41) is 1.66. The molecule has 1 N–H and O–H groups in total. The summed E-state index contributed by atoms with van der Waals surface area (Å²) in [6, 6.07) is 0.998. The van der Waals surface area contributed by atoms with Crippen molar-refractivity contribution in [3.63, 3.8) is 0 Å². The van der Waals surface area contributed by atoms with Crippen molar-refractivity contribution in [1.29, 1.82) is 0 Å². The Bertz CT molecular complexity index is 1480. The standard InChI is InChI=1S/C24H20F5N5O3/c1-11-6-18(35)33(9-11)17-5-4-14-19(36)15(23(37)32-20(12-2-3-12)24(27,28)29)10-34(21(14)31-17)22-16(26)7-13(25)8-30-22/h4-5,7-8,10-12,20H,2-3,6,9H2,1H3,(H,32,37)/t11?,20-/m1/s1. The van der Waals surface area contributed by atoms with E-state index >= 15 is 0 Å². The summed E-state index contributed by atoms with van der Waals surface area (Å²) in [7, 11) is 0. The average molecular weight is 521 g/mol. The molecule has 0 bridgehead atoms. The minimum atomic E-state index is -4.73. The fourth-order valence-electron chi connectivity index (χ4n) is 4.47. The first-order valence-electron chi connectivity index (χ1n) is 11.5. The van der Waals surface area contributed by atoms with Crippen LogP contribution in [0.3, 0.4) is 0 Å². The molecule has 2 amide bonds. The van der Waals surface area contributed by atoms with Gasteiger partial charge in [-0.1, -0.05) is 6.92 Å². The zero-order chi connectivity index (χ0) is 26.6. The van der Waals surface area contributed by atoms with E-state index in [0.29, 0.717) is 18.8 Å². The highest BCUT2D eigenvalue weighted by Crippen LogP contribution is 2.40. The summed E-state index contributed by atoms with van der Waals surface area (Å²) in [6.07, 6.45) is -2.37. The van der Waals surface area contributed by atoms with E-state index < -0.39 is 52.5 Å². The first-order chi connectivity index (χ1) is 17.4. The number of hydrogen-bond acceptors (Lipinski definition) is 5. The second kappa shape index (κ2) is 8.89. The number of anilines is 1. The third-order valence-electron chi connectivity index (χ3n) is 6.42. The van der Waals surface area contributed by atoms with E-state index in [2.05, 4.69) is 9.97 Å². The van der Waals surface area contributed by atoms with Crippen LogP contribution >= 0.6 is 0 Å². The Hall–Kier alpha value is -3.90. The molecule has 37 heavy (non-hydrogen) atoms. The second-order valence-electron chi connectivity index (χ2n) is 9.39. The van der Waals surface area contributed by atoms with Crippen LogP contribution in [0.25, 0.3) is 16.9 Å². The predicted octanol–water partition coefficient (Wildman–Crippen LogP) is 3.50. The van der Waals surface area contributed by atoms with E-state index in [0.717, 1.165) is 10.8 Å². The van der Waals surface area contributed by atoms with Gasteiger partial charge in [-0.2, -0.15) is 13.2 Å². The number of nitrogens with one attached hydrogen (secondary N) is 1. The molecule has 1 unspecified atom stereocenters. The lowest BCUT2D eigenvalue weighted by atomic mass is 10.1. The Labute approximate surface area is 206 Å². The van der Waals surface area contributed by atoms with Gasteiger partial charge in [0.2, 0.25) is 11.3 Å². The van der Waals surface area contributed by atoms with Crippen LogP contribution in [-0.2, 0) is 4.79 Å². The number of alkyl halides is 3. The van der Waals surface area contributed by atoms with Crippen molar-refractivity contribution in [2.45, 2.75) is 38.4 Å². The van der Waals surface area contributed by atoms with Gasteiger partial charge in [0.1, 0.15) is 23.2 Å². The Kier molecular flexibility index (Phi) is 5.95. The molecule has 5 rings (SSSR count). The topological polar surface area (TPSA) is 97.2 Å². The maximum Gasteiger partial charge on any atom is 0.408 e. The van der Waals surface area contributed by atoms with Gasteiger partial charge in [0.25, 0.3) is 5.91 Å². The highest BCUT2D eigenvalue weighted by Gasteiger charge is 2.50. The molecule has 4 heterocycles. The van der Waals surface area contributed by atoms with Crippen LogP contribution in [0, 0.1) is 23.5 Å². The van der Waals surface area contributed by atoms with Crippen molar-refractivity contribution in [2.24, 2.45) is 11.8 Å². The molecule has 3 aromatic heterocycles. The van der Waals surface area contributed by atoms with Gasteiger partial charge in [0.15, 0.2) is 17.3 Å². The van der Waals surface area contributed by atoms with Crippen LogP contribution in [-0.4, -0.2) is 45.1 Å². The van der Waals surface area contributed by atoms with Gasteiger partial charge < -0.3 is 5.32 Å². The number of nitrogens with zero attached hydrogens (tertiary/aromatic N) is 4. The average Bonchev–Trinajstić information content (AvgIpc) is 3.60. The fraction of sp³-hybridized carbons (Fsp3) is 0.375. The Morgan fingerprint density at radius 3 is 2.51 bits per heavy atom. The summed E-state index contributed by atoms with van der Waals surface area (Å²) in [6.45, 7) is 2.22. The molecule has 1 saturated carbocycles. The smallest absolute Gasteiger partial charge is 0.340 e. The van der Waals surface area contributed by atoms with Gasteiger partial charge in [-0.05, 0) is 36.8 Å². The number of pyridine rings is 3. The summed E-state index contributed by atoms with van der Waals surface area (Å²) in [5.41, 5.74) is -1.85. The molecule has 13 heteroatoms. The molecule has 8 nitrogen and oxygen atoms in total.